The number of aromatic nitrogens is 4. The van der Waals surface area contributed by atoms with E-state index in [9.17, 15) is 4.79 Å². The Morgan fingerprint density at radius 2 is 1.86 bits per heavy atom. The van der Waals surface area contributed by atoms with Crippen molar-refractivity contribution in [2.45, 2.75) is 10.8 Å². The van der Waals surface area contributed by atoms with Gasteiger partial charge in [-0.15, -0.1) is 0 Å². The monoisotopic (exact) mass is 388 g/mol. The number of thioether (sulfide) groups is 1. The van der Waals surface area contributed by atoms with Gasteiger partial charge >= 0.3 is 0 Å². The summed E-state index contributed by atoms with van der Waals surface area (Å²) in [6.45, 7) is 0. The summed E-state index contributed by atoms with van der Waals surface area (Å²) < 4.78 is 0. The molecule has 4 aromatic rings. The van der Waals surface area contributed by atoms with E-state index in [0.717, 1.165) is 16.5 Å². The first-order valence-electron chi connectivity index (χ1n) is 8.50. The molecular formula is C20H16N6OS. The van der Waals surface area contributed by atoms with E-state index in [0.29, 0.717) is 22.2 Å². The Kier molecular flexibility index (Phi) is 5.11. The van der Waals surface area contributed by atoms with Crippen LogP contribution in [0.5, 0.6) is 0 Å². The highest BCUT2D eigenvalue weighted by atomic mass is 32.2. The van der Waals surface area contributed by atoms with E-state index < -0.39 is 0 Å². The fourth-order valence-corrected chi connectivity index (χ4v) is 3.55. The molecule has 0 aliphatic rings. The van der Waals surface area contributed by atoms with E-state index in [1.54, 1.807) is 36.8 Å². The summed E-state index contributed by atoms with van der Waals surface area (Å²) in [5, 5.41) is 5.48. The van der Waals surface area contributed by atoms with E-state index in [-0.39, 0.29) is 11.9 Å². The highest BCUT2D eigenvalue weighted by molar-refractivity contribution is 7.98. The van der Waals surface area contributed by atoms with Crippen LogP contribution in [0.4, 0.5) is 11.8 Å². The topological polar surface area (TPSA) is 107 Å². The first-order chi connectivity index (χ1) is 13.7. The fraction of sp³-hybridized carbons (Fsp3) is 0.0500. The molecule has 0 aliphatic heterocycles. The van der Waals surface area contributed by atoms with Gasteiger partial charge in [-0.05, 0) is 29.7 Å². The molecule has 1 aromatic carbocycles. The molecule has 4 rings (SSSR count). The van der Waals surface area contributed by atoms with Crippen molar-refractivity contribution in [3.8, 4) is 0 Å². The standard InChI is InChI=1S/C20H16N6OS/c21-20-23-9-7-15(25-20)12-28-19-16(6-3-8-22-19)18(27)26-17-10-13-4-1-2-5-14(13)11-24-17/h1-11H,12H2,(H2,21,23,25)(H,24,26,27). The number of nitrogens with two attached hydrogens (primary N) is 1. The third kappa shape index (κ3) is 4.07. The smallest absolute Gasteiger partial charge is 0.259 e. The van der Waals surface area contributed by atoms with Gasteiger partial charge in [0, 0.05) is 29.7 Å². The molecule has 3 heterocycles. The molecule has 3 aromatic heterocycles. The number of amides is 1. The summed E-state index contributed by atoms with van der Waals surface area (Å²) in [4.78, 5) is 29.5. The van der Waals surface area contributed by atoms with Crippen LogP contribution in [0.15, 0.2) is 72.1 Å². The first kappa shape index (κ1) is 17.9. The lowest BCUT2D eigenvalue weighted by Gasteiger charge is -2.09. The Bertz CT molecular complexity index is 1150. The number of benzene rings is 1. The van der Waals surface area contributed by atoms with Crippen LogP contribution in [-0.4, -0.2) is 25.8 Å². The lowest BCUT2D eigenvalue weighted by atomic mass is 10.2. The number of anilines is 2. The molecule has 0 saturated carbocycles. The molecule has 7 nitrogen and oxygen atoms in total. The molecule has 0 atom stereocenters. The van der Waals surface area contributed by atoms with Crippen molar-refractivity contribution in [3.63, 3.8) is 0 Å². The van der Waals surface area contributed by atoms with Crippen LogP contribution >= 0.6 is 11.8 Å². The van der Waals surface area contributed by atoms with Gasteiger partial charge in [0.1, 0.15) is 10.8 Å². The number of rotatable bonds is 5. The van der Waals surface area contributed by atoms with Gasteiger partial charge in [0.2, 0.25) is 5.95 Å². The first-order valence-corrected chi connectivity index (χ1v) is 9.49. The lowest BCUT2D eigenvalue weighted by molar-refractivity contribution is 0.102. The second-order valence-electron chi connectivity index (χ2n) is 5.92. The molecule has 8 heteroatoms. The zero-order valence-corrected chi connectivity index (χ0v) is 15.6. The predicted octanol–water partition coefficient (Wildman–Crippen LogP) is 3.55. The van der Waals surface area contributed by atoms with Crippen molar-refractivity contribution in [1.29, 1.82) is 0 Å². The van der Waals surface area contributed by atoms with Crippen LogP contribution in [0.25, 0.3) is 10.8 Å². The van der Waals surface area contributed by atoms with Gasteiger partial charge < -0.3 is 11.1 Å². The Labute approximate surface area is 165 Å². The van der Waals surface area contributed by atoms with Gasteiger partial charge in [0.25, 0.3) is 5.91 Å². The fourth-order valence-electron chi connectivity index (χ4n) is 2.65. The lowest BCUT2D eigenvalue weighted by Crippen LogP contribution is -2.14. The van der Waals surface area contributed by atoms with Gasteiger partial charge in [-0.25, -0.2) is 19.9 Å². The van der Waals surface area contributed by atoms with Crippen molar-refractivity contribution in [2.24, 2.45) is 0 Å². The molecule has 28 heavy (non-hydrogen) atoms. The molecule has 1 amide bonds. The van der Waals surface area contributed by atoms with Crippen LogP contribution in [0.1, 0.15) is 16.1 Å². The van der Waals surface area contributed by atoms with Crippen molar-refractivity contribution >= 4 is 40.2 Å². The minimum Gasteiger partial charge on any atom is -0.368 e. The predicted molar refractivity (Wildman–Crippen MR) is 110 cm³/mol. The molecule has 0 radical (unpaired) electrons. The number of pyridine rings is 2. The largest absolute Gasteiger partial charge is 0.368 e. The second-order valence-corrected chi connectivity index (χ2v) is 6.89. The number of fused-ring (bicyclic) bond motifs is 1. The number of nitrogens with zero attached hydrogens (tertiary/aromatic N) is 4. The average molecular weight is 388 g/mol. The minimum atomic E-state index is -0.263. The second kappa shape index (κ2) is 8.01. The SMILES string of the molecule is Nc1nccc(CSc2ncccc2C(=O)Nc2cc3ccccc3cn2)n1. The van der Waals surface area contributed by atoms with E-state index >= 15 is 0 Å². The Morgan fingerprint density at radius 3 is 2.71 bits per heavy atom. The van der Waals surface area contributed by atoms with Crippen LogP contribution < -0.4 is 11.1 Å². The zero-order valence-electron chi connectivity index (χ0n) is 14.7. The Balaban J connectivity index is 1.52. The average Bonchev–Trinajstić information content (AvgIpc) is 2.72. The van der Waals surface area contributed by atoms with Crippen LogP contribution in [0.2, 0.25) is 0 Å². The number of nitrogens with one attached hydrogen (secondary N) is 1. The molecule has 0 bridgehead atoms. The number of hydrogen-bond acceptors (Lipinski definition) is 7. The van der Waals surface area contributed by atoms with Crippen LogP contribution in [0.3, 0.4) is 0 Å². The maximum Gasteiger partial charge on any atom is 0.259 e. The summed E-state index contributed by atoms with van der Waals surface area (Å²) in [5.74, 6) is 0.977. The zero-order chi connectivity index (χ0) is 19.3. The van der Waals surface area contributed by atoms with Crippen molar-refractivity contribution < 1.29 is 4.79 Å². The summed E-state index contributed by atoms with van der Waals surface area (Å²) >= 11 is 1.41. The van der Waals surface area contributed by atoms with E-state index in [4.69, 9.17) is 5.73 Å². The molecule has 0 aliphatic carbocycles. The van der Waals surface area contributed by atoms with Crippen LogP contribution in [0, 0.1) is 0 Å². The summed E-state index contributed by atoms with van der Waals surface area (Å²) in [5.41, 5.74) is 6.86. The normalized spacial score (nSPS) is 10.7. The third-order valence-corrected chi connectivity index (χ3v) is 5.02. The molecular weight excluding hydrogens is 372 g/mol. The third-order valence-electron chi connectivity index (χ3n) is 3.98. The number of nitrogen functional groups attached to an aromatic ring is 1. The molecule has 3 N–H and O–H groups in total. The molecule has 0 spiro atoms. The number of carbonyl (C=O) groups is 1. The number of carbonyl (C=O) groups excluding carboxylic acids is 1. The molecule has 0 saturated heterocycles. The van der Waals surface area contributed by atoms with E-state index in [2.05, 4.69) is 25.3 Å². The van der Waals surface area contributed by atoms with Crippen molar-refractivity contribution in [1.82, 2.24) is 19.9 Å². The van der Waals surface area contributed by atoms with Gasteiger partial charge in [-0.2, -0.15) is 0 Å². The van der Waals surface area contributed by atoms with Gasteiger partial charge in [-0.1, -0.05) is 36.0 Å². The summed E-state index contributed by atoms with van der Waals surface area (Å²) in [7, 11) is 0. The maximum absolute atomic E-state index is 12.8. The maximum atomic E-state index is 12.8. The summed E-state index contributed by atoms with van der Waals surface area (Å²) in [6.07, 6.45) is 5.00. The molecule has 0 unspecified atom stereocenters. The summed E-state index contributed by atoms with van der Waals surface area (Å²) in [6, 6.07) is 15.0. The highest BCUT2D eigenvalue weighted by Crippen LogP contribution is 2.24. The van der Waals surface area contributed by atoms with E-state index in [1.165, 1.54) is 11.8 Å². The quantitative estimate of drug-likeness (QED) is 0.504. The van der Waals surface area contributed by atoms with Crippen molar-refractivity contribution in [2.75, 3.05) is 11.1 Å². The molecule has 138 valence electrons. The van der Waals surface area contributed by atoms with Gasteiger partial charge in [-0.3, -0.25) is 4.79 Å². The highest BCUT2D eigenvalue weighted by Gasteiger charge is 2.14. The number of hydrogen-bond donors (Lipinski definition) is 2. The minimum absolute atomic E-state index is 0.222. The van der Waals surface area contributed by atoms with E-state index in [1.807, 2.05) is 30.3 Å². The van der Waals surface area contributed by atoms with Gasteiger partial charge in [0.15, 0.2) is 0 Å². The van der Waals surface area contributed by atoms with Crippen LogP contribution in [-0.2, 0) is 5.75 Å². The Morgan fingerprint density at radius 1 is 1.00 bits per heavy atom. The van der Waals surface area contributed by atoms with Gasteiger partial charge in [0.05, 0.1) is 11.3 Å². The molecule has 0 fully saturated rings. The van der Waals surface area contributed by atoms with Crippen molar-refractivity contribution in [3.05, 3.63) is 78.4 Å². The Hall–Kier alpha value is -3.52.